The van der Waals surface area contributed by atoms with E-state index in [1.54, 1.807) is 23.9 Å². The Morgan fingerprint density at radius 1 is 1.06 bits per heavy atom. The number of carbonyl (C=O) groups is 1. The standard InChI is InChI=1S/C24H26N4O4/c1-28-24(25-26-27-28)21(14-13-19(29)15-20(30)16-22(31)32-2)23(17-9-5-3-6-10-17)18-11-7-4-8-12-18/h3-14,19-20,29-30H,15-16H2,1-2H3/b14-13+. The Labute approximate surface area is 186 Å². The normalized spacial score (nSPS) is 13.0. The highest BCUT2D eigenvalue weighted by Crippen LogP contribution is 2.32. The predicted octanol–water partition coefficient (Wildman–Crippen LogP) is 2.40. The molecule has 0 radical (unpaired) electrons. The number of carbonyl (C=O) groups excluding carboxylic acids is 1. The van der Waals surface area contributed by atoms with Crippen LogP contribution in [0.3, 0.4) is 0 Å². The second-order valence-electron chi connectivity index (χ2n) is 7.24. The van der Waals surface area contributed by atoms with E-state index in [4.69, 9.17) is 0 Å². The molecule has 0 aliphatic rings. The molecule has 0 spiro atoms. The van der Waals surface area contributed by atoms with E-state index in [2.05, 4.69) is 20.3 Å². The monoisotopic (exact) mass is 434 g/mol. The van der Waals surface area contributed by atoms with Crippen LogP contribution in [-0.4, -0.2) is 55.7 Å². The number of tetrazole rings is 1. The summed E-state index contributed by atoms with van der Waals surface area (Å²) >= 11 is 0. The van der Waals surface area contributed by atoms with Crippen LogP contribution in [0.4, 0.5) is 0 Å². The van der Waals surface area contributed by atoms with E-state index < -0.39 is 18.2 Å². The SMILES string of the molecule is COC(=O)CC(O)CC(O)/C=C/C(=C(c1ccccc1)c1ccccc1)c1nnnn1C. The largest absolute Gasteiger partial charge is 0.469 e. The molecule has 0 saturated heterocycles. The first-order chi connectivity index (χ1) is 15.5. The van der Waals surface area contributed by atoms with Gasteiger partial charge in [0.1, 0.15) is 0 Å². The summed E-state index contributed by atoms with van der Waals surface area (Å²) in [6, 6.07) is 19.7. The molecule has 8 nitrogen and oxygen atoms in total. The zero-order chi connectivity index (χ0) is 22.9. The number of benzene rings is 2. The maximum absolute atomic E-state index is 11.4. The van der Waals surface area contributed by atoms with E-state index in [-0.39, 0.29) is 12.8 Å². The fourth-order valence-corrected chi connectivity index (χ4v) is 3.34. The summed E-state index contributed by atoms with van der Waals surface area (Å²) in [5, 5.41) is 32.4. The van der Waals surface area contributed by atoms with Crippen molar-refractivity contribution in [3.05, 3.63) is 89.8 Å². The Hall–Kier alpha value is -3.62. The van der Waals surface area contributed by atoms with Crippen molar-refractivity contribution in [3.8, 4) is 0 Å². The van der Waals surface area contributed by atoms with Crippen molar-refractivity contribution in [3.63, 3.8) is 0 Å². The van der Waals surface area contributed by atoms with Crippen LogP contribution in [0.15, 0.2) is 72.8 Å². The molecule has 2 N–H and O–H groups in total. The minimum Gasteiger partial charge on any atom is -0.469 e. The molecule has 2 aromatic carbocycles. The molecule has 32 heavy (non-hydrogen) atoms. The van der Waals surface area contributed by atoms with Crippen molar-refractivity contribution in [1.29, 1.82) is 0 Å². The number of aryl methyl sites for hydroxylation is 1. The predicted molar refractivity (Wildman–Crippen MR) is 120 cm³/mol. The molecule has 1 heterocycles. The van der Waals surface area contributed by atoms with Gasteiger partial charge in [0, 0.05) is 19.0 Å². The van der Waals surface area contributed by atoms with Crippen LogP contribution in [0.25, 0.3) is 11.1 Å². The topological polar surface area (TPSA) is 110 Å². The van der Waals surface area contributed by atoms with Gasteiger partial charge < -0.3 is 14.9 Å². The van der Waals surface area contributed by atoms with E-state index in [0.717, 1.165) is 16.7 Å². The molecular formula is C24H26N4O4. The highest BCUT2D eigenvalue weighted by molar-refractivity contribution is 6.00. The molecule has 0 fully saturated rings. The summed E-state index contributed by atoms with van der Waals surface area (Å²) in [4.78, 5) is 11.4. The molecule has 0 aliphatic heterocycles. The molecule has 0 saturated carbocycles. The molecule has 3 rings (SSSR count). The van der Waals surface area contributed by atoms with Gasteiger partial charge in [-0.2, -0.15) is 0 Å². The molecule has 3 aromatic rings. The number of hydrogen-bond donors (Lipinski definition) is 2. The van der Waals surface area contributed by atoms with E-state index in [9.17, 15) is 15.0 Å². The van der Waals surface area contributed by atoms with Crippen LogP contribution < -0.4 is 0 Å². The number of esters is 1. The van der Waals surface area contributed by atoms with Gasteiger partial charge in [-0.05, 0) is 27.1 Å². The first-order valence-corrected chi connectivity index (χ1v) is 10.2. The summed E-state index contributed by atoms with van der Waals surface area (Å²) in [7, 11) is 3.00. The van der Waals surface area contributed by atoms with Gasteiger partial charge in [-0.25, -0.2) is 4.68 Å². The average molecular weight is 434 g/mol. The Balaban J connectivity index is 2.05. The summed E-state index contributed by atoms with van der Waals surface area (Å²) in [5.41, 5.74) is 3.52. The van der Waals surface area contributed by atoms with Crippen molar-refractivity contribution in [2.45, 2.75) is 25.0 Å². The number of methoxy groups -OCH3 is 1. The number of aromatic nitrogens is 4. The lowest BCUT2D eigenvalue weighted by molar-refractivity contribution is -0.143. The lowest BCUT2D eigenvalue weighted by Crippen LogP contribution is -2.20. The number of aliphatic hydroxyl groups is 2. The van der Waals surface area contributed by atoms with Gasteiger partial charge in [-0.1, -0.05) is 72.8 Å². The molecule has 0 bridgehead atoms. The summed E-state index contributed by atoms with van der Waals surface area (Å²) < 4.78 is 6.12. The van der Waals surface area contributed by atoms with E-state index in [0.29, 0.717) is 11.4 Å². The third kappa shape index (κ3) is 5.96. The third-order valence-electron chi connectivity index (χ3n) is 4.88. The molecule has 166 valence electrons. The quantitative estimate of drug-likeness (QED) is 0.393. The first kappa shape index (κ1) is 23.1. The van der Waals surface area contributed by atoms with Gasteiger partial charge in [-0.3, -0.25) is 4.79 Å². The number of allylic oxidation sites excluding steroid dienone is 2. The second kappa shape index (κ2) is 11.1. The second-order valence-corrected chi connectivity index (χ2v) is 7.24. The van der Waals surface area contributed by atoms with Crippen LogP contribution in [-0.2, 0) is 16.6 Å². The van der Waals surface area contributed by atoms with Crippen LogP contribution in [0.2, 0.25) is 0 Å². The fourth-order valence-electron chi connectivity index (χ4n) is 3.34. The minimum absolute atomic E-state index is 0.0120. The Kier molecular flexibility index (Phi) is 8.02. The number of nitrogens with zero attached hydrogens (tertiary/aromatic N) is 4. The van der Waals surface area contributed by atoms with Crippen molar-refractivity contribution in [1.82, 2.24) is 20.2 Å². The van der Waals surface area contributed by atoms with Crippen molar-refractivity contribution < 1.29 is 19.7 Å². The number of aliphatic hydroxyl groups excluding tert-OH is 2. The lowest BCUT2D eigenvalue weighted by atomic mass is 9.92. The smallest absolute Gasteiger partial charge is 0.308 e. The van der Waals surface area contributed by atoms with Gasteiger partial charge in [0.2, 0.25) is 0 Å². The van der Waals surface area contributed by atoms with Gasteiger partial charge in [-0.15, -0.1) is 5.10 Å². The van der Waals surface area contributed by atoms with E-state index in [1.165, 1.54) is 7.11 Å². The van der Waals surface area contributed by atoms with E-state index in [1.807, 2.05) is 60.7 Å². The maximum atomic E-state index is 11.4. The molecule has 1 aromatic heterocycles. The van der Waals surface area contributed by atoms with Gasteiger partial charge >= 0.3 is 5.97 Å². The van der Waals surface area contributed by atoms with Gasteiger partial charge in [0.25, 0.3) is 0 Å². The molecular weight excluding hydrogens is 408 g/mol. The van der Waals surface area contributed by atoms with Crippen molar-refractivity contribution in [2.75, 3.05) is 7.11 Å². The van der Waals surface area contributed by atoms with Crippen LogP contribution in [0.5, 0.6) is 0 Å². The highest BCUT2D eigenvalue weighted by atomic mass is 16.5. The van der Waals surface area contributed by atoms with Crippen LogP contribution in [0, 0.1) is 0 Å². The number of rotatable bonds is 9. The molecule has 0 aliphatic carbocycles. The van der Waals surface area contributed by atoms with Gasteiger partial charge in [0.15, 0.2) is 5.82 Å². The zero-order valence-electron chi connectivity index (χ0n) is 18.0. The molecule has 2 unspecified atom stereocenters. The fraction of sp³-hybridized carbons (Fsp3) is 0.250. The Bertz CT molecular complexity index is 1040. The third-order valence-corrected chi connectivity index (χ3v) is 4.88. The molecule has 2 atom stereocenters. The number of ether oxygens (including phenoxy) is 1. The minimum atomic E-state index is -1.02. The van der Waals surface area contributed by atoms with Crippen LogP contribution >= 0.6 is 0 Å². The maximum Gasteiger partial charge on any atom is 0.308 e. The molecule has 8 heteroatoms. The average Bonchev–Trinajstić information content (AvgIpc) is 3.23. The van der Waals surface area contributed by atoms with Crippen LogP contribution in [0.1, 0.15) is 29.8 Å². The summed E-state index contributed by atoms with van der Waals surface area (Å²) in [6.45, 7) is 0. The van der Waals surface area contributed by atoms with E-state index >= 15 is 0 Å². The van der Waals surface area contributed by atoms with Crippen molar-refractivity contribution in [2.24, 2.45) is 7.05 Å². The summed E-state index contributed by atoms with van der Waals surface area (Å²) in [5.74, 6) is -0.0128. The van der Waals surface area contributed by atoms with Crippen molar-refractivity contribution >= 4 is 17.1 Å². The zero-order valence-corrected chi connectivity index (χ0v) is 18.0. The summed E-state index contributed by atoms with van der Waals surface area (Å²) in [6.07, 6.45) is 1.11. The number of hydrogen-bond acceptors (Lipinski definition) is 7. The lowest BCUT2D eigenvalue weighted by Gasteiger charge is -2.15. The first-order valence-electron chi connectivity index (χ1n) is 10.2. The Morgan fingerprint density at radius 2 is 1.66 bits per heavy atom. The van der Waals surface area contributed by atoms with Gasteiger partial charge in [0.05, 0.1) is 25.7 Å². The highest BCUT2D eigenvalue weighted by Gasteiger charge is 2.18. The Morgan fingerprint density at radius 3 is 2.16 bits per heavy atom. The molecule has 0 amide bonds.